The maximum atomic E-state index is 11.8. The first-order valence-electron chi connectivity index (χ1n) is 6.73. The number of benzene rings is 1. The molecule has 5 nitrogen and oxygen atoms in total. The summed E-state index contributed by atoms with van der Waals surface area (Å²) in [6.07, 6.45) is 1.85. The average molecular weight is 287 g/mol. The molecule has 0 bridgehead atoms. The number of carbonyl (C=O) groups is 2. The third-order valence-corrected chi connectivity index (χ3v) is 3.30. The number of amides is 1. The van der Waals surface area contributed by atoms with Gasteiger partial charge in [0.2, 0.25) is 0 Å². The normalized spacial score (nSPS) is 11.9. The van der Waals surface area contributed by atoms with Gasteiger partial charge in [-0.3, -0.25) is 4.79 Å². The maximum absolute atomic E-state index is 11.8. The zero-order valence-corrected chi connectivity index (χ0v) is 11.7. The minimum atomic E-state index is -1.12. The highest BCUT2D eigenvalue weighted by molar-refractivity contribution is 5.95. The Morgan fingerprint density at radius 2 is 2.00 bits per heavy atom. The second-order valence-corrected chi connectivity index (χ2v) is 4.86. The van der Waals surface area contributed by atoms with Crippen LogP contribution >= 0.6 is 0 Å². The van der Waals surface area contributed by atoms with Gasteiger partial charge in [-0.1, -0.05) is 37.3 Å². The lowest BCUT2D eigenvalue weighted by Crippen LogP contribution is -2.24. The first kappa shape index (κ1) is 14.8. The van der Waals surface area contributed by atoms with Crippen LogP contribution in [0, 0.1) is 0 Å². The molecule has 110 valence electrons. The van der Waals surface area contributed by atoms with Crippen molar-refractivity contribution in [1.82, 2.24) is 5.32 Å². The number of hydrogen-bond acceptors (Lipinski definition) is 3. The molecule has 2 N–H and O–H groups in total. The van der Waals surface area contributed by atoms with Gasteiger partial charge < -0.3 is 14.8 Å². The summed E-state index contributed by atoms with van der Waals surface area (Å²) in [5, 5.41) is 11.5. The molecule has 0 saturated heterocycles. The Labute approximate surface area is 122 Å². The fourth-order valence-electron chi connectivity index (χ4n) is 2.01. The number of hydrogen-bond donors (Lipinski definition) is 2. The van der Waals surface area contributed by atoms with E-state index in [0.717, 1.165) is 12.7 Å². The van der Waals surface area contributed by atoms with E-state index in [0.29, 0.717) is 12.5 Å². The van der Waals surface area contributed by atoms with E-state index in [9.17, 15) is 9.59 Å². The van der Waals surface area contributed by atoms with E-state index in [1.807, 2.05) is 18.2 Å². The van der Waals surface area contributed by atoms with Gasteiger partial charge in [0.15, 0.2) is 5.76 Å². The second-order valence-electron chi connectivity index (χ2n) is 4.86. The molecular formula is C16H17NO4. The summed E-state index contributed by atoms with van der Waals surface area (Å²) >= 11 is 0. The van der Waals surface area contributed by atoms with Crippen molar-refractivity contribution in [2.45, 2.75) is 19.3 Å². The molecule has 21 heavy (non-hydrogen) atoms. The molecule has 1 aromatic heterocycles. The third kappa shape index (κ3) is 3.95. The van der Waals surface area contributed by atoms with Gasteiger partial charge in [-0.25, -0.2) is 4.79 Å². The van der Waals surface area contributed by atoms with Crippen molar-refractivity contribution in [3.05, 3.63) is 59.5 Å². The standard InChI is InChI=1S/C16H17NO4/c1-11(12-5-3-2-4-6-12)7-8-17-15(18)14-9-13(10-21-14)16(19)20/h2-6,9-11H,7-8H2,1H3,(H,17,18)(H,19,20). The van der Waals surface area contributed by atoms with E-state index >= 15 is 0 Å². The predicted octanol–water partition coefficient (Wildman–Crippen LogP) is 2.90. The van der Waals surface area contributed by atoms with Gasteiger partial charge in [-0.15, -0.1) is 0 Å². The molecule has 0 aliphatic rings. The van der Waals surface area contributed by atoms with Gasteiger partial charge in [0.25, 0.3) is 5.91 Å². The molecule has 1 atom stereocenters. The van der Waals surface area contributed by atoms with Crippen molar-refractivity contribution in [1.29, 1.82) is 0 Å². The van der Waals surface area contributed by atoms with Crippen LogP contribution < -0.4 is 5.32 Å². The van der Waals surface area contributed by atoms with E-state index in [-0.39, 0.29) is 11.3 Å². The highest BCUT2D eigenvalue weighted by Gasteiger charge is 2.14. The minimum Gasteiger partial charge on any atom is -0.478 e. The summed E-state index contributed by atoms with van der Waals surface area (Å²) in [6.45, 7) is 2.59. The molecule has 0 aliphatic heterocycles. The van der Waals surface area contributed by atoms with Crippen LogP contribution in [0.5, 0.6) is 0 Å². The summed E-state index contributed by atoms with van der Waals surface area (Å²) < 4.78 is 4.94. The SMILES string of the molecule is CC(CCNC(=O)c1cc(C(=O)O)co1)c1ccccc1. The van der Waals surface area contributed by atoms with Crippen LogP contribution in [0.15, 0.2) is 47.1 Å². The molecule has 0 fully saturated rings. The molecule has 0 spiro atoms. The van der Waals surface area contributed by atoms with E-state index in [1.54, 1.807) is 0 Å². The van der Waals surface area contributed by atoms with Gasteiger partial charge in [0, 0.05) is 12.6 Å². The molecule has 1 unspecified atom stereocenters. The lowest BCUT2D eigenvalue weighted by Gasteiger charge is -2.11. The number of carboxylic acid groups (broad SMARTS) is 1. The average Bonchev–Trinajstić information content (AvgIpc) is 2.98. The zero-order valence-electron chi connectivity index (χ0n) is 11.7. The summed E-state index contributed by atoms with van der Waals surface area (Å²) in [6, 6.07) is 11.3. The molecule has 5 heteroatoms. The fourth-order valence-corrected chi connectivity index (χ4v) is 2.01. The van der Waals surface area contributed by atoms with Gasteiger partial charge in [-0.2, -0.15) is 0 Å². The maximum Gasteiger partial charge on any atom is 0.338 e. The van der Waals surface area contributed by atoms with Crippen LogP contribution in [0.1, 0.15) is 45.7 Å². The molecule has 0 saturated carbocycles. The van der Waals surface area contributed by atoms with Crippen molar-refractivity contribution < 1.29 is 19.1 Å². The summed E-state index contributed by atoms with van der Waals surface area (Å²) in [5.74, 6) is -1.17. The lowest BCUT2D eigenvalue weighted by molar-refractivity contribution is 0.0696. The Balaban J connectivity index is 1.82. The largest absolute Gasteiger partial charge is 0.478 e. The van der Waals surface area contributed by atoms with Crippen molar-refractivity contribution in [2.24, 2.45) is 0 Å². The van der Waals surface area contributed by atoms with Gasteiger partial charge in [-0.05, 0) is 17.9 Å². The summed E-state index contributed by atoms with van der Waals surface area (Å²) in [7, 11) is 0. The van der Waals surface area contributed by atoms with E-state index in [4.69, 9.17) is 9.52 Å². The molecule has 0 aliphatic carbocycles. The summed E-state index contributed by atoms with van der Waals surface area (Å²) in [4.78, 5) is 22.5. The van der Waals surface area contributed by atoms with Crippen molar-refractivity contribution in [3.63, 3.8) is 0 Å². The number of carboxylic acids is 1. The van der Waals surface area contributed by atoms with Gasteiger partial charge in [0.05, 0.1) is 5.56 Å². The van der Waals surface area contributed by atoms with Crippen LogP contribution in [0.25, 0.3) is 0 Å². The number of nitrogens with one attached hydrogen (secondary N) is 1. The molecule has 1 aromatic carbocycles. The predicted molar refractivity (Wildman–Crippen MR) is 77.5 cm³/mol. The minimum absolute atomic E-state index is 0.0137. The highest BCUT2D eigenvalue weighted by Crippen LogP contribution is 2.17. The van der Waals surface area contributed by atoms with Crippen LogP contribution in [0.2, 0.25) is 0 Å². The molecule has 0 radical (unpaired) electrons. The first-order chi connectivity index (χ1) is 10.1. The topological polar surface area (TPSA) is 79.5 Å². The Morgan fingerprint density at radius 1 is 1.29 bits per heavy atom. The second kappa shape index (κ2) is 6.74. The number of carbonyl (C=O) groups excluding carboxylic acids is 1. The first-order valence-corrected chi connectivity index (χ1v) is 6.73. The van der Waals surface area contributed by atoms with Crippen LogP contribution in [-0.4, -0.2) is 23.5 Å². The fraction of sp³-hybridized carbons (Fsp3) is 0.250. The quantitative estimate of drug-likeness (QED) is 0.856. The molecule has 2 aromatic rings. The van der Waals surface area contributed by atoms with E-state index < -0.39 is 11.9 Å². The number of furan rings is 1. The number of aromatic carboxylic acids is 1. The van der Waals surface area contributed by atoms with Gasteiger partial charge >= 0.3 is 5.97 Å². The third-order valence-electron chi connectivity index (χ3n) is 3.30. The summed E-state index contributed by atoms with van der Waals surface area (Å²) in [5.41, 5.74) is 1.19. The van der Waals surface area contributed by atoms with E-state index in [2.05, 4.69) is 24.4 Å². The lowest BCUT2D eigenvalue weighted by atomic mass is 9.98. The monoisotopic (exact) mass is 287 g/mol. The molecule has 1 heterocycles. The molecule has 2 rings (SSSR count). The highest BCUT2D eigenvalue weighted by atomic mass is 16.4. The van der Waals surface area contributed by atoms with Crippen LogP contribution in [0.3, 0.4) is 0 Å². The molecule has 1 amide bonds. The van der Waals surface area contributed by atoms with E-state index in [1.165, 1.54) is 11.6 Å². The Bertz CT molecular complexity index is 618. The zero-order chi connectivity index (χ0) is 15.2. The van der Waals surface area contributed by atoms with Crippen molar-refractivity contribution >= 4 is 11.9 Å². The van der Waals surface area contributed by atoms with Crippen LogP contribution in [-0.2, 0) is 0 Å². The van der Waals surface area contributed by atoms with Crippen molar-refractivity contribution in [3.8, 4) is 0 Å². The number of rotatable bonds is 6. The molecular weight excluding hydrogens is 270 g/mol. The van der Waals surface area contributed by atoms with Crippen LogP contribution in [0.4, 0.5) is 0 Å². The Kier molecular flexibility index (Phi) is 4.77. The van der Waals surface area contributed by atoms with Gasteiger partial charge in [0.1, 0.15) is 6.26 Å². The smallest absolute Gasteiger partial charge is 0.338 e. The Hall–Kier alpha value is -2.56. The van der Waals surface area contributed by atoms with Crippen molar-refractivity contribution in [2.75, 3.05) is 6.54 Å². The Morgan fingerprint density at radius 3 is 2.62 bits per heavy atom.